The fourth-order valence-electron chi connectivity index (χ4n) is 3.62. The van der Waals surface area contributed by atoms with Gasteiger partial charge in [0.1, 0.15) is 23.5 Å². The Bertz CT molecular complexity index is 929. The standard InChI is InChI=1S/C22H26N6O/c23-21-19(22(26-14-25-21)28-18-7-4-12-24-13-18)20(29)15-8-10-17(11-9-15)27-16-5-2-1-3-6-16/h2,5-6,8-11,14,18,24,27H,1,3-4,7,12-13H2,(H3,23,25,26,28). The number of nitrogens with zero attached hydrogens (tertiary/aromatic N) is 2. The number of piperidine rings is 1. The van der Waals surface area contributed by atoms with Crippen molar-refractivity contribution in [1.82, 2.24) is 15.3 Å². The van der Waals surface area contributed by atoms with Gasteiger partial charge >= 0.3 is 0 Å². The predicted molar refractivity (Wildman–Crippen MR) is 116 cm³/mol. The maximum absolute atomic E-state index is 13.2. The average Bonchev–Trinajstić information content (AvgIpc) is 2.75. The zero-order chi connectivity index (χ0) is 20.1. The van der Waals surface area contributed by atoms with Gasteiger partial charge in [0.15, 0.2) is 5.78 Å². The topological polar surface area (TPSA) is 105 Å². The molecule has 0 bridgehead atoms. The molecule has 29 heavy (non-hydrogen) atoms. The van der Waals surface area contributed by atoms with Crippen LogP contribution in [0.3, 0.4) is 0 Å². The summed E-state index contributed by atoms with van der Waals surface area (Å²) in [4.78, 5) is 21.5. The van der Waals surface area contributed by atoms with Crippen molar-refractivity contribution in [2.45, 2.75) is 31.7 Å². The van der Waals surface area contributed by atoms with Gasteiger partial charge in [-0.3, -0.25) is 4.79 Å². The molecule has 2 aromatic rings. The van der Waals surface area contributed by atoms with Crippen molar-refractivity contribution in [3.8, 4) is 0 Å². The molecule has 7 nitrogen and oxygen atoms in total. The number of aromatic nitrogens is 2. The van der Waals surface area contributed by atoms with Crippen molar-refractivity contribution in [3.63, 3.8) is 0 Å². The zero-order valence-corrected chi connectivity index (χ0v) is 16.3. The number of carbonyl (C=O) groups is 1. The van der Waals surface area contributed by atoms with Gasteiger partial charge in [0.25, 0.3) is 0 Å². The Kier molecular flexibility index (Phi) is 5.86. The van der Waals surface area contributed by atoms with Gasteiger partial charge in [-0.15, -0.1) is 0 Å². The van der Waals surface area contributed by atoms with E-state index >= 15 is 0 Å². The molecule has 150 valence electrons. The van der Waals surface area contributed by atoms with Gasteiger partial charge in [-0.1, -0.05) is 12.2 Å². The number of nitrogens with one attached hydrogen (secondary N) is 3. The van der Waals surface area contributed by atoms with Crippen LogP contribution in [-0.2, 0) is 0 Å². The Balaban J connectivity index is 1.52. The molecule has 1 atom stereocenters. The van der Waals surface area contributed by atoms with Crippen LogP contribution in [0.4, 0.5) is 17.3 Å². The number of rotatable bonds is 6. The molecule has 1 unspecified atom stereocenters. The van der Waals surface area contributed by atoms with Gasteiger partial charge in [-0.25, -0.2) is 9.97 Å². The second-order valence-electron chi connectivity index (χ2n) is 7.34. The Hall–Kier alpha value is -3.19. The molecular formula is C22H26N6O. The lowest BCUT2D eigenvalue weighted by Crippen LogP contribution is -2.39. The Labute approximate surface area is 170 Å². The highest BCUT2D eigenvalue weighted by molar-refractivity contribution is 6.14. The first-order chi connectivity index (χ1) is 14.2. The van der Waals surface area contributed by atoms with Crippen LogP contribution < -0.4 is 21.7 Å². The van der Waals surface area contributed by atoms with E-state index in [1.807, 2.05) is 12.1 Å². The van der Waals surface area contributed by atoms with Gasteiger partial charge in [-0.2, -0.15) is 0 Å². The van der Waals surface area contributed by atoms with E-state index in [4.69, 9.17) is 5.73 Å². The molecule has 2 heterocycles. The number of nitrogens with two attached hydrogens (primary N) is 1. The summed E-state index contributed by atoms with van der Waals surface area (Å²) in [6.45, 7) is 1.85. The van der Waals surface area contributed by atoms with Crippen LogP contribution in [0.5, 0.6) is 0 Å². The third-order valence-electron chi connectivity index (χ3n) is 5.17. The van der Waals surface area contributed by atoms with Crippen LogP contribution in [0.15, 0.2) is 54.5 Å². The molecule has 4 rings (SSSR count). The molecule has 1 saturated heterocycles. The molecule has 1 aromatic heterocycles. The average molecular weight is 390 g/mol. The van der Waals surface area contributed by atoms with Crippen molar-refractivity contribution < 1.29 is 4.79 Å². The molecular weight excluding hydrogens is 364 g/mol. The Morgan fingerprint density at radius 1 is 1.17 bits per heavy atom. The fourth-order valence-corrected chi connectivity index (χ4v) is 3.62. The molecule has 0 spiro atoms. The lowest BCUT2D eigenvalue weighted by molar-refractivity contribution is 0.103. The highest BCUT2D eigenvalue weighted by Crippen LogP contribution is 2.24. The number of carbonyl (C=O) groups excluding carboxylic acids is 1. The third-order valence-corrected chi connectivity index (χ3v) is 5.17. The number of nitrogen functional groups attached to an aromatic ring is 1. The lowest BCUT2D eigenvalue weighted by atomic mass is 10.0. The molecule has 0 amide bonds. The van der Waals surface area contributed by atoms with Crippen LogP contribution in [0, 0.1) is 0 Å². The molecule has 1 aliphatic heterocycles. The summed E-state index contributed by atoms with van der Waals surface area (Å²) in [7, 11) is 0. The maximum atomic E-state index is 13.2. The normalized spacial score (nSPS) is 18.8. The van der Waals surface area contributed by atoms with Crippen molar-refractivity contribution in [2.75, 3.05) is 29.5 Å². The summed E-state index contributed by atoms with van der Waals surface area (Å²) in [6.07, 6.45) is 12.0. The van der Waals surface area contributed by atoms with E-state index < -0.39 is 0 Å². The van der Waals surface area contributed by atoms with Gasteiger partial charge in [-0.05, 0) is 62.6 Å². The lowest BCUT2D eigenvalue weighted by Gasteiger charge is -2.25. The number of hydrogen-bond acceptors (Lipinski definition) is 7. The van der Waals surface area contributed by atoms with Crippen molar-refractivity contribution in [3.05, 3.63) is 65.6 Å². The van der Waals surface area contributed by atoms with Gasteiger partial charge in [0, 0.05) is 29.5 Å². The van der Waals surface area contributed by atoms with Crippen LogP contribution in [-0.4, -0.2) is 34.9 Å². The fraction of sp³-hybridized carbons (Fsp3) is 0.318. The minimum Gasteiger partial charge on any atom is -0.383 e. The van der Waals surface area contributed by atoms with E-state index in [9.17, 15) is 4.79 Å². The summed E-state index contributed by atoms with van der Waals surface area (Å²) in [6, 6.07) is 7.61. The van der Waals surface area contributed by atoms with E-state index in [-0.39, 0.29) is 17.6 Å². The number of ketones is 1. The molecule has 1 fully saturated rings. The van der Waals surface area contributed by atoms with Gasteiger partial charge in [0.05, 0.1) is 0 Å². The molecule has 1 aliphatic carbocycles. The summed E-state index contributed by atoms with van der Waals surface area (Å²) < 4.78 is 0. The van der Waals surface area contributed by atoms with E-state index in [0.717, 1.165) is 50.2 Å². The van der Waals surface area contributed by atoms with Crippen LogP contribution in [0.1, 0.15) is 41.6 Å². The third kappa shape index (κ3) is 4.63. The molecule has 0 saturated carbocycles. The Morgan fingerprint density at radius 2 is 2.03 bits per heavy atom. The molecule has 0 radical (unpaired) electrons. The highest BCUT2D eigenvalue weighted by atomic mass is 16.1. The van der Waals surface area contributed by atoms with E-state index in [1.165, 1.54) is 6.33 Å². The van der Waals surface area contributed by atoms with Crippen molar-refractivity contribution >= 4 is 23.1 Å². The van der Waals surface area contributed by atoms with E-state index in [0.29, 0.717) is 16.9 Å². The number of anilines is 3. The minimum atomic E-state index is -0.183. The first-order valence-electron chi connectivity index (χ1n) is 10.1. The van der Waals surface area contributed by atoms with Crippen LogP contribution >= 0.6 is 0 Å². The van der Waals surface area contributed by atoms with Gasteiger partial charge in [0.2, 0.25) is 0 Å². The van der Waals surface area contributed by atoms with Crippen LogP contribution in [0.2, 0.25) is 0 Å². The second-order valence-corrected chi connectivity index (χ2v) is 7.34. The first kappa shape index (κ1) is 19.1. The van der Waals surface area contributed by atoms with Crippen molar-refractivity contribution in [2.24, 2.45) is 0 Å². The van der Waals surface area contributed by atoms with Crippen LogP contribution in [0.25, 0.3) is 0 Å². The summed E-state index contributed by atoms with van der Waals surface area (Å²) in [5.74, 6) is 0.504. The summed E-state index contributed by atoms with van der Waals surface area (Å²) in [5, 5.41) is 10.1. The molecule has 5 N–H and O–H groups in total. The number of benzene rings is 1. The minimum absolute atomic E-state index is 0.183. The summed E-state index contributed by atoms with van der Waals surface area (Å²) in [5.41, 5.74) is 8.95. The first-order valence-corrected chi connectivity index (χ1v) is 10.1. The monoisotopic (exact) mass is 390 g/mol. The van der Waals surface area contributed by atoms with Gasteiger partial charge < -0.3 is 21.7 Å². The van der Waals surface area contributed by atoms with E-state index in [2.05, 4.69) is 44.1 Å². The molecule has 2 aliphatic rings. The highest BCUT2D eigenvalue weighted by Gasteiger charge is 2.22. The smallest absolute Gasteiger partial charge is 0.200 e. The quantitative estimate of drug-likeness (QED) is 0.562. The molecule has 1 aromatic carbocycles. The second kappa shape index (κ2) is 8.87. The van der Waals surface area contributed by atoms with Crippen molar-refractivity contribution in [1.29, 1.82) is 0 Å². The Morgan fingerprint density at radius 3 is 2.76 bits per heavy atom. The molecule has 7 heteroatoms. The summed E-state index contributed by atoms with van der Waals surface area (Å²) >= 11 is 0. The zero-order valence-electron chi connectivity index (χ0n) is 16.3. The predicted octanol–water partition coefficient (Wildman–Crippen LogP) is 3.10. The maximum Gasteiger partial charge on any atom is 0.200 e. The number of hydrogen-bond donors (Lipinski definition) is 4. The number of allylic oxidation sites excluding steroid dienone is 3. The SMILES string of the molecule is Nc1ncnc(NC2CCCNC2)c1C(=O)c1ccc(NC2=CCCC=C2)cc1. The largest absolute Gasteiger partial charge is 0.383 e. The van der Waals surface area contributed by atoms with E-state index in [1.54, 1.807) is 12.1 Å².